The maximum atomic E-state index is 6.22. The lowest BCUT2D eigenvalue weighted by atomic mass is 10.00. The van der Waals surface area contributed by atoms with Crippen LogP contribution in [0.25, 0.3) is 0 Å². The average Bonchev–Trinajstić information content (AvgIpc) is 2.89. The molecule has 4 heteroatoms. The first-order chi connectivity index (χ1) is 8.70. The van der Waals surface area contributed by atoms with Gasteiger partial charge in [0.2, 0.25) is 0 Å². The molecule has 1 aromatic carbocycles. The molecule has 96 valence electrons. The first kappa shape index (κ1) is 13.4. The Hall–Kier alpha value is -1.03. The Bertz CT molecular complexity index is 499. The first-order valence-electron chi connectivity index (χ1n) is 5.81. The lowest BCUT2D eigenvalue weighted by molar-refractivity contribution is 0.404. The Morgan fingerprint density at radius 3 is 2.89 bits per heavy atom. The number of thiophene rings is 1. The summed E-state index contributed by atoms with van der Waals surface area (Å²) in [6, 6.07) is 7.64. The molecule has 0 saturated carbocycles. The van der Waals surface area contributed by atoms with Gasteiger partial charge in [-0.05, 0) is 53.4 Å². The molecule has 18 heavy (non-hydrogen) atoms. The molecular weight excluding hydrogens is 266 g/mol. The van der Waals surface area contributed by atoms with Crippen LogP contribution in [0.3, 0.4) is 0 Å². The Morgan fingerprint density at radius 1 is 1.39 bits per heavy atom. The smallest absolute Gasteiger partial charge is 0.123 e. The normalized spacial score (nSPS) is 12.4. The number of nitrogens with two attached hydrogens (primary N) is 1. The molecular formula is C14H16ClNOS. The zero-order valence-electron chi connectivity index (χ0n) is 10.2. The summed E-state index contributed by atoms with van der Waals surface area (Å²) in [6.45, 7) is 0. The highest BCUT2D eigenvalue weighted by Crippen LogP contribution is 2.29. The second-order valence-electron chi connectivity index (χ2n) is 4.16. The Morgan fingerprint density at radius 2 is 2.22 bits per heavy atom. The van der Waals surface area contributed by atoms with E-state index in [4.69, 9.17) is 22.1 Å². The molecule has 1 unspecified atom stereocenters. The lowest BCUT2D eigenvalue weighted by Crippen LogP contribution is -2.12. The zero-order valence-corrected chi connectivity index (χ0v) is 11.8. The predicted octanol–water partition coefficient (Wildman–Crippen LogP) is 4.04. The van der Waals surface area contributed by atoms with Gasteiger partial charge in [0, 0.05) is 16.6 Å². The summed E-state index contributed by atoms with van der Waals surface area (Å²) in [5.74, 6) is 0.803. The molecule has 0 amide bonds. The van der Waals surface area contributed by atoms with E-state index >= 15 is 0 Å². The van der Waals surface area contributed by atoms with Crippen molar-refractivity contribution in [3.8, 4) is 5.75 Å². The molecule has 2 nitrogen and oxygen atoms in total. The monoisotopic (exact) mass is 281 g/mol. The predicted molar refractivity (Wildman–Crippen MR) is 77.6 cm³/mol. The van der Waals surface area contributed by atoms with Gasteiger partial charge in [0.1, 0.15) is 5.75 Å². The molecule has 0 fully saturated rings. The van der Waals surface area contributed by atoms with Crippen LogP contribution in [0.15, 0.2) is 35.0 Å². The largest absolute Gasteiger partial charge is 0.496 e. The van der Waals surface area contributed by atoms with E-state index in [2.05, 4.69) is 16.8 Å². The van der Waals surface area contributed by atoms with Crippen molar-refractivity contribution < 1.29 is 4.74 Å². The van der Waals surface area contributed by atoms with Crippen molar-refractivity contribution in [3.05, 3.63) is 51.2 Å². The van der Waals surface area contributed by atoms with E-state index in [9.17, 15) is 0 Å². The summed E-state index contributed by atoms with van der Waals surface area (Å²) in [4.78, 5) is 0. The third-order valence-electron chi connectivity index (χ3n) is 2.92. The second kappa shape index (κ2) is 6.23. The van der Waals surface area contributed by atoms with Gasteiger partial charge in [-0.15, -0.1) is 0 Å². The van der Waals surface area contributed by atoms with Crippen LogP contribution in [-0.2, 0) is 6.42 Å². The molecule has 0 saturated heterocycles. The van der Waals surface area contributed by atoms with E-state index in [1.54, 1.807) is 18.4 Å². The van der Waals surface area contributed by atoms with Crippen LogP contribution in [0.5, 0.6) is 5.75 Å². The fourth-order valence-corrected chi connectivity index (χ4v) is 2.79. The lowest BCUT2D eigenvalue weighted by Gasteiger charge is -2.15. The fourth-order valence-electron chi connectivity index (χ4n) is 1.91. The van der Waals surface area contributed by atoms with Crippen LogP contribution in [0, 0.1) is 0 Å². The number of ether oxygens (including phenoxy) is 1. The van der Waals surface area contributed by atoms with Crippen molar-refractivity contribution in [2.75, 3.05) is 7.11 Å². The molecule has 2 aromatic rings. The van der Waals surface area contributed by atoms with E-state index in [1.165, 1.54) is 5.56 Å². The van der Waals surface area contributed by atoms with Crippen molar-refractivity contribution >= 4 is 22.9 Å². The maximum Gasteiger partial charge on any atom is 0.123 e. The molecule has 0 radical (unpaired) electrons. The van der Waals surface area contributed by atoms with Crippen molar-refractivity contribution in [1.82, 2.24) is 0 Å². The topological polar surface area (TPSA) is 35.2 Å². The Labute approximate surface area is 116 Å². The highest BCUT2D eigenvalue weighted by Gasteiger charge is 2.12. The third-order valence-corrected chi connectivity index (χ3v) is 3.88. The Balaban J connectivity index is 2.08. The van der Waals surface area contributed by atoms with Crippen molar-refractivity contribution in [3.63, 3.8) is 0 Å². The number of benzene rings is 1. The average molecular weight is 282 g/mol. The molecule has 1 aromatic heterocycles. The summed E-state index contributed by atoms with van der Waals surface area (Å²) in [7, 11) is 1.65. The molecule has 1 heterocycles. The van der Waals surface area contributed by atoms with Crippen molar-refractivity contribution in [1.29, 1.82) is 0 Å². The summed E-state index contributed by atoms with van der Waals surface area (Å²) in [5, 5.41) is 4.93. The van der Waals surface area contributed by atoms with Crippen LogP contribution in [0.4, 0.5) is 0 Å². The molecule has 2 rings (SSSR count). The van der Waals surface area contributed by atoms with Gasteiger partial charge in [-0.25, -0.2) is 0 Å². The maximum absolute atomic E-state index is 6.22. The Kier molecular flexibility index (Phi) is 4.64. The third kappa shape index (κ3) is 3.25. The number of aryl methyl sites for hydroxylation is 1. The standard InChI is InChI=1S/C14H16ClNOS/c1-17-14-5-3-11(15)8-12(14)13(16)4-2-10-6-7-18-9-10/h3,5-9,13H,2,4,16H2,1H3. The van der Waals surface area contributed by atoms with Gasteiger partial charge in [-0.3, -0.25) is 0 Å². The van der Waals surface area contributed by atoms with Gasteiger partial charge < -0.3 is 10.5 Å². The van der Waals surface area contributed by atoms with Gasteiger partial charge in [0.05, 0.1) is 7.11 Å². The molecule has 0 spiro atoms. The quantitative estimate of drug-likeness (QED) is 0.898. The van der Waals surface area contributed by atoms with Crippen LogP contribution < -0.4 is 10.5 Å². The van der Waals surface area contributed by atoms with Crippen LogP contribution in [0.2, 0.25) is 5.02 Å². The number of hydrogen-bond donors (Lipinski definition) is 1. The van der Waals surface area contributed by atoms with Gasteiger partial charge >= 0.3 is 0 Å². The van der Waals surface area contributed by atoms with E-state index in [0.717, 1.165) is 24.2 Å². The molecule has 2 N–H and O–H groups in total. The minimum Gasteiger partial charge on any atom is -0.496 e. The van der Waals surface area contributed by atoms with Gasteiger partial charge in [0.25, 0.3) is 0 Å². The highest BCUT2D eigenvalue weighted by atomic mass is 35.5. The van der Waals surface area contributed by atoms with Crippen LogP contribution in [0.1, 0.15) is 23.6 Å². The van der Waals surface area contributed by atoms with Crippen LogP contribution in [-0.4, -0.2) is 7.11 Å². The summed E-state index contributed by atoms with van der Waals surface area (Å²) >= 11 is 7.72. The van der Waals surface area contributed by atoms with E-state index < -0.39 is 0 Å². The summed E-state index contributed by atoms with van der Waals surface area (Å²) in [6.07, 6.45) is 1.85. The number of rotatable bonds is 5. The number of methoxy groups -OCH3 is 1. The molecule has 0 aliphatic rings. The van der Waals surface area contributed by atoms with Crippen molar-refractivity contribution in [2.45, 2.75) is 18.9 Å². The SMILES string of the molecule is COc1ccc(Cl)cc1C(N)CCc1ccsc1. The molecule has 0 aliphatic heterocycles. The summed E-state index contributed by atoms with van der Waals surface area (Å²) in [5.41, 5.74) is 8.52. The number of hydrogen-bond acceptors (Lipinski definition) is 3. The minimum absolute atomic E-state index is 0.0569. The van der Waals surface area contributed by atoms with E-state index in [-0.39, 0.29) is 6.04 Å². The van der Waals surface area contributed by atoms with E-state index in [1.807, 2.05) is 18.2 Å². The minimum atomic E-state index is -0.0569. The highest BCUT2D eigenvalue weighted by molar-refractivity contribution is 7.07. The molecule has 0 bridgehead atoms. The fraction of sp³-hybridized carbons (Fsp3) is 0.286. The molecule has 1 atom stereocenters. The van der Waals surface area contributed by atoms with Gasteiger partial charge in [-0.2, -0.15) is 11.3 Å². The van der Waals surface area contributed by atoms with E-state index in [0.29, 0.717) is 5.02 Å². The van der Waals surface area contributed by atoms with Crippen LogP contribution >= 0.6 is 22.9 Å². The second-order valence-corrected chi connectivity index (χ2v) is 5.38. The summed E-state index contributed by atoms with van der Waals surface area (Å²) < 4.78 is 5.32. The van der Waals surface area contributed by atoms with Crippen molar-refractivity contribution in [2.24, 2.45) is 5.73 Å². The molecule has 0 aliphatic carbocycles. The zero-order chi connectivity index (χ0) is 13.0. The first-order valence-corrected chi connectivity index (χ1v) is 7.13. The van der Waals surface area contributed by atoms with Gasteiger partial charge in [-0.1, -0.05) is 11.6 Å². The number of halogens is 1. The van der Waals surface area contributed by atoms with Gasteiger partial charge in [0.15, 0.2) is 0 Å².